The van der Waals surface area contributed by atoms with Crippen molar-refractivity contribution >= 4 is 0 Å². The zero-order valence-corrected chi connectivity index (χ0v) is 11.2. The Labute approximate surface area is 109 Å². The van der Waals surface area contributed by atoms with E-state index in [-0.39, 0.29) is 0 Å². The molecule has 2 rings (SSSR count). The molecule has 1 aromatic heterocycles. The first-order valence-corrected chi connectivity index (χ1v) is 6.68. The Kier molecular flexibility index (Phi) is 4.53. The molecule has 3 heteroatoms. The average molecular weight is 243 g/mol. The van der Waals surface area contributed by atoms with Crippen LogP contribution in [0.3, 0.4) is 0 Å². The smallest absolute Gasteiger partial charge is 0.0766 e. The van der Waals surface area contributed by atoms with Gasteiger partial charge in [-0.2, -0.15) is 5.10 Å². The molecule has 0 aliphatic carbocycles. The molecule has 0 saturated carbocycles. The lowest BCUT2D eigenvalue weighted by molar-refractivity contribution is 0.656. The SMILES string of the molecule is CCCNCc1ccn(-c2ccccc2CC)n1. The predicted molar refractivity (Wildman–Crippen MR) is 74.9 cm³/mol. The Morgan fingerprint density at radius 2 is 2.00 bits per heavy atom. The van der Waals surface area contributed by atoms with E-state index in [0.29, 0.717) is 0 Å². The summed E-state index contributed by atoms with van der Waals surface area (Å²) in [7, 11) is 0. The number of hydrogen-bond donors (Lipinski definition) is 1. The first-order valence-electron chi connectivity index (χ1n) is 6.68. The fourth-order valence-corrected chi connectivity index (χ4v) is 2.02. The standard InChI is InChI=1S/C15H21N3/c1-3-10-16-12-14-9-11-18(17-14)15-8-6-5-7-13(15)4-2/h5-9,11,16H,3-4,10,12H2,1-2H3. The lowest BCUT2D eigenvalue weighted by Gasteiger charge is -2.07. The van der Waals surface area contributed by atoms with Gasteiger partial charge >= 0.3 is 0 Å². The van der Waals surface area contributed by atoms with Crippen molar-refractivity contribution in [2.24, 2.45) is 0 Å². The number of aryl methyl sites for hydroxylation is 1. The number of rotatable bonds is 6. The van der Waals surface area contributed by atoms with Crippen LogP contribution in [0.25, 0.3) is 5.69 Å². The second-order valence-electron chi connectivity index (χ2n) is 4.41. The quantitative estimate of drug-likeness (QED) is 0.791. The maximum Gasteiger partial charge on any atom is 0.0766 e. The summed E-state index contributed by atoms with van der Waals surface area (Å²) in [4.78, 5) is 0. The highest BCUT2D eigenvalue weighted by Gasteiger charge is 2.04. The van der Waals surface area contributed by atoms with Crippen molar-refractivity contribution in [1.82, 2.24) is 15.1 Å². The molecule has 1 N–H and O–H groups in total. The van der Waals surface area contributed by atoms with Crippen molar-refractivity contribution in [3.63, 3.8) is 0 Å². The summed E-state index contributed by atoms with van der Waals surface area (Å²) >= 11 is 0. The molecule has 0 aliphatic rings. The highest BCUT2D eigenvalue weighted by atomic mass is 15.3. The first-order chi connectivity index (χ1) is 8.85. The molecule has 3 nitrogen and oxygen atoms in total. The van der Waals surface area contributed by atoms with Crippen molar-refractivity contribution in [1.29, 1.82) is 0 Å². The molecule has 0 bridgehead atoms. The summed E-state index contributed by atoms with van der Waals surface area (Å²) < 4.78 is 1.97. The summed E-state index contributed by atoms with van der Waals surface area (Å²) in [6, 6.07) is 10.5. The highest BCUT2D eigenvalue weighted by Crippen LogP contribution is 2.14. The van der Waals surface area contributed by atoms with Crippen molar-refractivity contribution in [3.05, 3.63) is 47.8 Å². The first kappa shape index (κ1) is 12.8. The lowest BCUT2D eigenvalue weighted by Crippen LogP contribution is -2.14. The van der Waals surface area contributed by atoms with Crippen molar-refractivity contribution in [3.8, 4) is 5.69 Å². The van der Waals surface area contributed by atoms with Crippen molar-refractivity contribution in [2.75, 3.05) is 6.54 Å². The molecule has 2 aromatic rings. The molecule has 0 spiro atoms. The van der Waals surface area contributed by atoms with Gasteiger partial charge in [0.05, 0.1) is 11.4 Å². The van der Waals surface area contributed by atoms with Gasteiger partial charge < -0.3 is 5.32 Å². The molecule has 0 unspecified atom stereocenters. The molecular weight excluding hydrogens is 222 g/mol. The number of benzene rings is 1. The largest absolute Gasteiger partial charge is 0.311 e. The molecular formula is C15H21N3. The number of hydrogen-bond acceptors (Lipinski definition) is 2. The molecule has 0 amide bonds. The Balaban J connectivity index is 2.13. The lowest BCUT2D eigenvalue weighted by atomic mass is 10.1. The number of nitrogens with one attached hydrogen (secondary N) is 1. The fourth-order valence-electron chi connectivity index (χ4n) is 2.02. The number of aromatic nitrogens is 2. The molecule has 0 fully saturated rings. The van der Waals surface area contributed by atoms with Gasteiger partial charge in [0.1, 0.15) is 0 Å². The molecule has 96 valence electrons. The average Bonchev–Trinajstić information content (AvgIpc) is 2.88. The van der Waals surface area contributed by atoms with Gasteiger partial charge in [0.25, 0.3) is 0 Å². The third-order valence-electron chi connectivity index (χ3n) is 3.00. The van der Waals surface area contributed by atoms with Gasteiger partial charge in [-0.25, -0.2) is 4.68 Å². The monoisotopic (exact) mass is 243 g/mol. The van der Waals surface area contributed by atoms with E-state index in [1.165, 1.54) is 11.3 Å². The van der Waals surface area contributed by atoms with Gasteiger partial charge in [0.2, 0.25) is 0 Å². The van der Waals surface area contributed by atoms with Gasteiger partial charge in [0, 0.05) is 12.7 Å². The molecule has 0 aliphatic heterocycles. The Bertz CT molecular complexity index is 488. The topological polar surface area (TPSA) is 29.9 Å². The predicted octanol–water partition coefficient (Wildman–Crippen LogP) is 2.93. The zero-order chi connectivity index (χ0) is 12.8. The van der Waals surface area contributed by atoms with Crippen molar-refractivity contribution < 1.29 is 0 Å². The maximum absolute atomic E-state index is 4.62. The van der Waals surface area contributed by atoms with E-state index in [2.05, 4.69) is 54.6 Å². The third kappa shape index (κ3) is 2.99. The van der Waals surface area contributed by atoms with E-state index in [9.17, 15) is 0 Å². The van der Waals surface area contributed by atoms with E-state index in [1.54, 1.807) is 0 Å². The Morgan fingerprint density at radius 3 is 2.78 bits per heavy atom. The number of para-hydroxylation sites is 1. The molecule has 0 atom stereocenters. The molecule has 0 saturated heterocycles. The summed E-state index contributed by atoms with van der Waals surface area (Å²) in [5.74, 6) is 0. The maximum atomic E-state index is 4.62. The minimum absolute atomic E-state index is 0.842. The van der Waals surface area contributed by atoms with Crippen LogP contribution in [0.4, 0.5) is 0 Å². The highest BCUT2D eigenvalue weighted by molar-refractivity contribution is 5.40. The van der Waals surface area contributed by atoms with Gasteiger partial charge in [-0.15, -0.1) is 0 Å². The van der Waals surface area contributed by atoms with Gasteiger partial charge in [-0.05, 0) is 37.1 Å². The molecule has 1 aromatic carbocycles. The minimum atomic E-state index is 0.842. The summed E-state index contributed by atoms with van der Waals surface area (Å²) in [5, 5.41) is 7.98. The second-order valence-corrected chi connectivity index (χ2v) is 4.41. The van der Waals surface area contributed by atoms with Crippen LogP contribution in [-0.4, -0.2) is 16.3 Å². The second kappa shape index (κ2) is 6.36. The van der Waals surface area contributed by atoms with E-state index < -0.39 is 0 Å². The van der Waals surface area contributed by atoms with Crippen LogP contribution in [0.15, 0.2) is 36.5 Å². The molecule has 0 radical (unpaired) electrons. The molecule has 1 heterocycles. The summed E-state index contributed by atoms with van der Waals surface area (Å²) in [5.41, 5.74) is 3.60. The minimum Gasteiger partial charge on any atom is -0.311 e. The van der Waals surface area contributed by atoms with E-state index in [1.807, 2.05) is 10.9 Å². The van der Waals surface area contributed by atoms with Crippen LogP contribution in [0, 0.1) is 0 Å². The summed E-state index contributed by atoms with van der Waals surface area (Å²) in [6.45, 7) is 6.22. The van der Waals surface area contributed by atoms with E-state index in [4.69, 9.17) is 0 Å². The third-order valence-corrected chi connectivity index (χ3v) is 3.00. The van der Waals surface area contributed by atoms with E-state index >= 15 is 0 Å². The summed E-state index contributed by atoms with van der Waals surface area (Å²) in [6.07, 6.45) is 4.22. The Morgan fingerprint density at radius 1 is 1.17 bits per heavy atom. The zero-order valence-electron chi connectivity index (χ0n) is 11.2. The van der Waals surface area contributed by atoms with Crippen LogP contribution in [0.5, 0.6) is 0 Å². The van der Waals surface area contributed by atoms with Crippen LogP contribution < -0.4 is 5.32 Å². The van der Waals surface area contributed by atoms with Gasteiger partial charge in [0.15, 0.2) is 0 Å². The van der Waals surface area contributed by atoms with Gasteiger partial charge in [-0.1, -0.05) is 32.0 Å². The fraction of sp³-hybridized carbons (Fsp3) is 0.400. The van der Waals surface area contributed by atoms with Crippen molar-refractivity contribution in [2.45, 2.75) is 33.2 Å². The van der Waals surface area contributed by atoms with Crippen LogP contribution in [-0.2, 0) is 13.0 Å². The number of nitrogens with zero attached hydrogens (tertiary/aromatic N) is 2. The molecule has 18 heavy (non-hydrogen) atoms. The van der Waals surface area contributed by atoms with E-state index in [0.717, 1.165) is 31.6 Å². The van der Waals surface area contributed by atoms with Crippen LogP contribution in [0.2, 0.25) is 0 Å². The normalized spacial score (nSPS) is 10.8. The van der Waals surface area contributed by atoms with Crippen LogP contribution >= 0.6 is 0 Å². The van der Waals surface area contributed by atoms with Crippen LogP contribution in [0.1, 0.15) is 31.5 Å². The Hall–Kier alpha value is -1.61. The van der Waals surface area contributed by atoms with Gasteiger partial charge in [-0.3, -0.25) is 0 Å².